The van der Waals surface area contributed by atoms with E-state index in [-0.39, 0.29) is 102 Å². The number of nitrogens with zero attached hydrogens (tertiary/aromatic N) is 2. The van der Waals surface area contributed by atoms with Crippen LogP contribution in [0.4, 0.5) is 0 Å². The number of halogens is 3. The standard InChI is InChI=1S/C32H48ClNO3S.C27H43ClO4.C17H33NPS.ClH/c1-21-12-11-13-22(2)25(5)28(14-9-10-17-33)31(36)32(7,8)24(4)19-30(35)37-29(16-15-21)23(3)18-27-20-38-26(6)34-27;1-18-11-10-12-19(2)21(4)23(13-8-9-16-28)26(31)27(6,7)20(3)17-25(30)32-24(15-14-18)22(5)29;1-5-8-11-19(12-9-6-2,13-10-7-3)14-17-15-20-16(4)18-17;/h11,13,15,18,20,22,24-25,28-29H,9-10,12,14,16-17,19H2,1-8H3;10,12,14,19-21,23-24H,8-9,11,13,15-17H2,1-7H3;15H,5-14H2,1-4H3;1H/q;;+1;/p-1/b13-11+,21-15-,23-18+;12-10+,18-14-;;/t22-,24-,25-,28+,29-;19-,20-,21-,23+,24-;;/m00../s1. The largest absolute Gasteiger partial charge is 1.00 e. The zero-order chi connectivity index (χ0) is 67.8. The molecular formula is C76H124Cl3N2O7PS2. The molecular weight excluding hydrogens is 1250 g/mol. The van der Waals surface area contributed by atoms with Crippen molar-refractivity contribution >= 4 is 88.5 Å². The van der Waals surface area contributed by atoms with Gasteiger partial charge in [0, 0.05) is 78.1 Å². The first-order chi connectivity index (χ1) is 42.4. The van der Waals surface area contributed by atoms with E-state index >= 15 is 0 Å². The number of Topliss-reactive ketones (excluding diaryl/α,β-unsaturated/α-hetero) is 3. The van der Waals surface area contributed by atoms with Crippen LogP contribution >= 0.6 is 53.1 Å². The van der Waals surface area contributed by atoms with E-state index in [0.717, 1.165) is 73.2 Å². The highest BCUT2D eigenvalue weighted by Gasteiger charge is 2.44. The van der Waals surface area contributed by atoms with Crippen LogP contribution in [0.1, 0.15) is 255 Å². The van der Waals surface area contributed by atoms with Crippen LogP contribution in [0, 0.1) is 72.0 Å². The second-order valence-corrected chi connectivity index (χ2v) is 35.3. The van der Waals surface area contributed by atoms with Gasteiger partial charge in [0.2, 0.25) is 0 Å². The Balaban J connectivity index is 0.000000710. The molecule has 4 rings (SSSR count). The number of allylic oxidation sites excluding steroid dienone is 6. The van der Waals surface area contributed by atoms with Gasteiger partial charge < -0.3 is 21.9 Å². The lowest BCUT2D eigenvalue weighted by Crippen LogP contribution is -3.00. The molecule has 0 bridgehead atoms. The summed E-state index contributed by atoms with van der Waals surface area (Å²) in [5.74, 6) is 1.21. The Morgan fingerprint density at radius 3 is 1.40 bits per heavy atom. The smallest absolute Gasteiger partial charge is 0.306 e. The Morgan fingerprint density at radius 1 is 0.615 bits per heavy atom. The molecule has 10 atom stereocenters. The Bertz CT molecular complexity index is 2610. The van der Waals surface area contributed by atoms with Gasteiger partial charge in [-0.2, -0.15) is 0 Å². The number of esters is 2. The van der Waals surface area contributed by atoms with Crippen LogP contribution in [-0.2, 0) is 39.6 Å². The number of ketones is 3. The third kappa shape index (κ3) is 30.9. The second-order valence-electron chi connectivity index (χ2n) is 28.1. The fraction of sp³-hybridized carbons (Fsp3) is 0.724. The molecule has 2 aromatic heterocycles. The summed E-state index contributed by atoms with van der Waals surface area (Å²) in [7, 11) is -0.810. The van der Waals surface area contributed by atoms with Crippen molar-refractivity contribution in [3.8, 4) is 0 Å². The van der Waals surface area contributed by atoms with E-state index in [9.17, 15) is 24.0 Å². The Labute approximate surface area is 579 Å². The number of cyclic esters (lactones) is 2. The summed E-state index contributed by atoms with van der Waals surface area (Å²) in [4.78, 5) is 75.0. The third-order valence-electron chi connectivity index (χ3n) is 19.8. The number of ether oxygens (including phenoxy) is 2. The minimum absolute atomic E-state index is 0. The number of carbonyl (C=O) groups is 5. The number of aromatic nitrogens is 2. The van der Waals surface area contributed by atoms with Crippen molar-refractivity contribution in [2.45, 2.75) is 265 Å². The van der Waals surface area contributed by atoms with Crippen molar-refractivity contribution in [3.63, 3.8) is 0 Å². The molecule has 0 saturated heterocycles. The van der Waals surface area contributed by atoms with Crippen molar-refractivity contribution in [1.29, 1.82) is 0 Å². The number of thiazole rings is 2. The average Bonchev–Trinajstić information content (AvgIpc) is 1.36. The second kappa shape index (κ2) is 44.9. The summed E-state index contributed by atoms with van der Waals surface area (Å²) < 4.78 is 11.6. The zero-order valence-electron chi connectivity index (χ0n) is 60.1. The maximum Gasteiger partial charge on any atom is 0.306 e. The molecule has 2 aliphatic rings. The third-order valence-corrected chi connectivity index (χ3v) is 26.8. The predicted octanol–water partition coefficient (Wildman–Crippen LogP) is 19.1. The maximum atomic E-state index is 14.0. The molecule has 2 aliphatic heterocycles. The predicted molar refractivity (Wildman–Crippen MR) is 390 cm³/mol. The van der Waals surface area contributed by atoms with Crippen LogP contribution in [0.5, 0.6) is 0 Å². The molecule has 0 N–H and O–H groups in total. The molecule has 2 aromatic rings. The van der Waals surface area contributed by atoms with Gasteiger partial charge >= 0.3 is 11.9 Å². The fourth-order valence-corrected chi connectivity index (χ4v) is 18.8. The molecule has 518 valence electrons. The van der Waals surface area contributed by atoms with Crippen LogP contribution in [0.15, 0.2) is 63.9 Å². The highest BCUT2D eigenvalue weighted by Crippen LogP contribution is 2.63. The Morgan fingerprint density at radius 2 is 1.02 bits per heavy atom. The van der Waals surface area contributed by atoms with Crippen LogP contribution < -0.4 is 12.4 Å². The molecule has 0 radical (unpaired) electrons. The normalized spacial score (nSPS) is 27.0. The molecule has 0 fully saturated rings. The van der Waals surface area contributed by atoms with Gasteiger partial charge in [-0.25, -0.2) is 9.97 Å². The zero-order valence-corrected chi connectivity index (χ0v) is 64.9. The van der Waals surface area contributed by atoms with E-state index in [2.05, 4.69) is 103 Å². The summed E-state index contributed by atoms with van der Waals surface area (Å²) in [5, 5.41) is 6.57. The summed E-state index contributed by atoms with van der Waals surface area (Å²) in [5.41, 5.74) is 4.28. The monoisotopic (exact) mass is 1380 g/mol. The van der Waals surface area contributed by atoms with E-state index in [1.54, 1.807) is 11.3 Å². The number of aryl methyl sites for hydroxylation is 2. The molecule has 0 amide bonds. The molecule has 0 aliphatic carbocycles. The fourth-order valence-electron chi connectivity index (χ4n) is 12.1. The molecule has 4 heterocycles. The van der Waals surface area contributed by atoms with Crippen LogP contribution in [0.3, 0.4) is 0 Å². The maximum absolute atomic E-state index is 14.0. The molecule has 0 unspecified atom stereocenters. The number of hydrogen-bond acceptors (Lipinski definition) is 11. The van der Waals surface area contributed by atoms with E-state index < -0.39 is 30.2 Å². The van der Waals surface area contributed by atoms with E-state index in [1.807, 2.05) is 91.2 Å². The number of hydrogen-bond donors (Lipinski definition) is 0. The molecule has 0 aromatic carbocycles. The van der Waals surface area contributed by atoms with Gasteiger partial charge in [-0.15, -0.1) is 45.9 Å². The number of unbranched alkanes of at least 4 members (excludes halogenated alkanes) is 5. The van der Waals surface area contributed by atoms with Crippen molar-refractivity contribution in [1.82, 2.24) is 9.97 Å². The van der Waals surface area contributed by atoms with Gasteiger partial charge in [-0.3, -0.25) is 24.0 Å². The molecule has 9 nitrogen and oxygen atoms in total. The number of carbonyl (C=O) groups excluding carboxylic acids is 5. The first-order valence-electron chi connectivity index (χ1n) is 34.5. The van der Waals surface area contributed by atoms with Gasteiger partial charge in [-0.05, 0) is 146 Å². The molecule has 0 spiro atoms. The summed E-state index contributed by atoms with van der Waals surface area (Å²) in [6.45, 7) is 39.3. The van der Waals surface area contributed by atoms with Gasteiger partial charge in [0.25, 0.3) is 0 Å². The SMILES string of the molecule is C/C1=C/C[C@@H](/C(C)=C/c2csc(C)n2)OC(=O)C[C@H](C)C(C)(C)C(=O)[C@H](CCCCCl)[C@@H](C)[C@@H](C)/C=C/C1.CC(=O)[C@@H]1C/C=C(/C)C/C=C/[C@H](C)[C@H](C)[C@@H](CCCCCl)C(=O)C(C)(C)[C@@H](C)CC(=O)O1.CCCC[P+](CCCC)(CCCC)Cc1csc(C)n1.[Cl-]. The first kappa shape index (κ1) is 86.2. The quantitative estimate of drug-likeness (QED) is 0.0372. The van der Waals surface area contributed by atoms with Gasteiger partial charge in [0.05, 0.1) is 39.9 Å². The highest BCUT2D eigenvalue weighted by atomic mass is 35.5. The molecule has 91 heavy (non-hydrogen) atoms. The Hall–Kier alpha value is -2.79. The molecule has 0 saturated carbocycles. The van der Waals surface area contributed by atoms with Gasteiger partial charge in [0.1, 0.15) is 23.8 Å². The van der Waals surface area contributed by atoms with Gasteiger partial charge in [0.15, 0.2) is 11.9 Å². The lowest BCUT2D eigenvalue weighted by atomic mass is 9.66. The van der Waals surface area contributed by atoms with Crippen LogP contribution in [0.25, 0.3) is 6.08 Å². The summed E-state index contributed by atoms with van der Waals surface area (Å²) in [6.07, 6.45) is 36.1. The minimum atomic E-state index is -0.810. The van der Waals surface area contributed by atoms with E-state index in [4.69, 9.17) is 37.7 Å². The number of rotatable bonds is 22. The minimum Gasteiger partial charge on any atom is -1.00 e. The number of alkyl halides is 2. The Kier molecular flexibility index (Phi) is 42.5. The average molecular weight is 1380 g/mol. The van der Waals surface area contributed by atoms with Gasteiger partial charge in [-0.1, -0.05) is 170 Å². The van der Waals surface area contributed by atoms with E-state index in [1.165, 1.54) is 86.4 Å². The summed E-state index contributed by atoms with van der Waals surface area (Å²) >= 11 is 15.3. The van der Waals surface area contributed by atoms with Crippen LogP contribution in [0.2, 0.25) is 0 Å². The van der Waals surface area contributed by atoms with Crippen LogP contribution in [-0.4, -0.2) is 81.7 Å². The molecule has 15 heteroatoms. The topological polar surface area (TPSA) is 130 Å². The van der Waals surface area contributed by atoms with Crippen molar-refractivity contribution in [2.24, 2.45) is 58.2 Å². The lowest BCUT2D eigenvalue weighted by Gasteiger charge is -2.37. The lowest BCUT2D eigenvalue weighted by molar-refractivity contribution is -0.156. The van der Waals surface area contributed by atoms with Crippen molar-refractivity contribution in [2.75, 3.05) is 30.2 Å². The highest BCUT2D eigenvalue weighted by molar-refractivity contribution is 7.75. The van der Waals surface area contributed by atoms with Crippen molar-refractivity contribution in [3.05, 3.63) is 85.3 Å². The first-order valence-corrected chi connectivity index (χ1v) is 39.9. The summed E-state index contributed by atoms with van der Waals surface area (Å²) in [6, 6.07) is 0. The van der Waals surface area contributed by atoms with Crippen molar-refractivity contribution < 1.29 is 45.9 Å². The van der Waals surface area contributed by atoms with E-state index in [0.29, 0.717) is 24.6 Å².